The molecule has 4 heteroatoms. The SMILES string of the molecule is C(=C\c1cccc2c1OCCO2)/c1nc2ccccc2s1. The van der Waals surface area contributed by atoms with Gasteiger partial charge in [-0.05, 0) is 30.4 Å². The number of rotatable bonds is 2. The summed E-state index contributed by atoms with van der Waals surface area (Å²) in [5.41, 5.74) is 2.06. The van der Waals surface area contributed by atoms with Crippen LogP contribution in [0, 0.1) is 0 Å². The Morgan fingerprint density at radius 1 is 0.952 bits per heavy atom. The molecule has 3 nitrogen and oxygen atoms in total. The minimum Gasteiger partial charge on any atom is -0.486 e. The minimum absolute atomic E-state index is 0.596. The van der Waals surface area contributed by atoms with Crippen molar-refractivity contribution in [1.29, 1.82) is 0 Å². The molecule has 4 rings (SSSR count). The summed E-state index contributed by atoms with van der Waals surface area (Å²) >= 11 is 1.68. The van der Waals surface area contributed by atoms with Gasteiger partial charge in [0, 0.05) is 5.56 Å². The lowest BCUT2D eigenvalue weighted by Crippen LogP contribution is -2.15. The van der Waals surface area contributed by atoms with E-state index in [1.807, 2.05) is 48.6 Å². The fourth-order valence-electron chi connectivity index (χ4n) is 2.35. The lowest BCUT2D eigenvalue weighted by Gasteiger charge is -2.19. The third-order valence-corrected chi connectivity index (χ3v) is 4.31. The number of hydrogen-bond donors (Lipinski definition) is 0. The van der Waals surface area contributed by atoms with Crippen molar-refractivity contribution in [2.75, 3.05) is 13.2 Å². The molecule has 1 aliphatic heterocycles. The maximum atomic E-state index is 5.71. The average molecular weight is 295 g/mol. The van der Waals surface area contributed by atoms with Crippen LogP contribution >= 0.6 is 11.3 Å². The standard InChI is InChI=1S/C17H13NO2S/c1-2-7-15-13(5-1)18-16(21-15)9-8-12-4-3-6-14-17(12)20-11-10-19-14/h1-9H,10-11H2/b9-8+. The first-order chi connectivity index (χ1) is 10.4. The van der Waals surface area contributed by atoms with Crippen molar-refractivity contribution in [3.63, 3.8) is 0 Å². The first kappa shape index (κ1) is 12.4. The summed E-state index contributed by atoms with van der Waals surface area (Å²) in [6, 6.07) is 14.1. The summed E-state index contributed by atoms with van der Waals surface area (Å²) in [6.45, 7) is 1.21. The van der Waals surface area contributed by atoms with Crippen molar-refractivity contribution >= 4 is 33.7 Å². The van der Waals surface area contributed by atoms with E-state index in [0.717, 1.165) is 27.6 Å². The monoisotopic (exact) mass is 295 g/mol. The second kappa shape index (κ2) is 5.22. The van der Waals surface area contributed by atoms with Crippen LogP contribution in [0.2, 0.25) is 0 Å². The van der Waals surface area contributed by atoms with Gasteiger partial charge in [-0.2, -0.15) is 0 Å². The highest BCUT2D eigenvalue weighted by Gasteiger charge is 2.13. The maximum absolute atomic E-state index is 5.71. The van der Waals surface area contributed by atoms with Gasteiger partial charge >= 0.3 is 0 Å². The largest absolute Gasteiger partial charge is 0.486 e. The number of thiazole rings is 1. The van der Waals surface area contributed by atoms with Crippen LogP contribution in [0.15, 0.2) is 42.5 Å². The molecule has 0 N–H and O–H groups in total. The lowest BCUT2D eigenvalue weighted by atomic mass is 10.1. The van der Waals surface area contributed by atoms with Crippen LogP contribution in [0.3, 0.4) is 0 Å². The summed E-state index contributed by atoms with van der Waals surface area (Å²) in [5, 5.41) is 0.991. The zero-order valence-electron chi connectivity index (χ0n) is 11.3. The van der Waals surface area contributed by atoms with Gasteiger partial charge in [0.25, 0.3) is 0 Å². The third kappa shape index (κ3) is 2.38. The van der Waals surface area contributed by atoms with Gasteiger partial charge in [0.1, 0.15) is 18.2 Å². The Kier molecular flexibility index (Phi) is 3.09. The Labute approximate surface area is 126 Å². The summed E-state index contributed by atoms with van der Waals surface area (Å²) in [6.07, 6.45) is 4.06. The molecule has 2 aromatic carbocycles. The fraction of sp³-hybridized carbons (Fsp3) is 0.118. The van der Waals surface area contributed by atoms with Crippen LogP contribution in [-0.4, -0.2) is 18.2 Å². The summed E-state index contributed by atoms with van der Waals surface area (Å²) in [5.74, 6) is 1.63. The zero-order chi connectivity index (χ0) is 14.1. The predicted molar refractivity (Wildman–Crippen MR) is 86.0 cm³/mol. The van der Waals surface area contributed by atoms with E-state index in [-0.39, 0.29) is 0 Å². The second-order valence-corrected chi connectivity index (χ2v) is 5.79. The van der Waals surface area contributed by atoms with E-state index >= 15 is 0 Å². The highest BCUT2D eigenvalue weighted by Crippen LogP contribution is 2.35. The van der Waals surface area contributed by atoms with Crippen molar-refractivity contribution in [3.05, 3.63) is 53.0 Å². The molecule has 0 saturated carbocycles. The first-order valence-corrected chi connectivity index (χ1v) is 7.64. The van der Waals surface area contributed by atoms with Gasteiger partial charge in [0.05, 0.1) is 10.2 Å². The highest BCUT2D eigenvalue weighted by molar-refractivity contribution is 7.19. The Balaban J connectivity index is 1.69. The molecule has 0 bridgehead atoms. The molecule has 0 atom stereocenters. The van der Waals surface area contributed by atoms with E-state index in [4.69, 9.17) is 9.47 Å². The van der Waals surface area contributed by atoms with Crippen LogP contribution < -0.4 is 9.47 Å². The summed E-state index contributed by atoms with van der Waals surface area (Å²) < 4.78 is 12.5. The number of aromatic nitrogens is 1. The Morgan fingerprint density at radius 2 is 1.86 bits per heavy atom. The van der Waals surface area contributed by atoms with E-state index in [9.17, 15) is 0 Å². The topological polar surface area (TPSA) is 31.4 Å². The molecule has 0 aliphatic carbocycles. The predicted octanol–water partition coefficient (Wildman–Crippen LogP) is 4.24. The van der Waals surface area contributed by atoms with E-state index in [0.29, 0.717) is 13.2 Å². The molecule has 0 unspecified atom stereocenters. The number of para-hydroxylation sites is 2. The number of fused-ring (bicyclic) bond motifs is 2. The van der Waals surface area contributed by atoms with Gasteiger partial charge in [0.15, 0.2) is 11.5 Å². The maximum Gasteiger partial charge on any atom is 0.168 e. The van der Waals surface area contributed by atoms with Gasteiger partial charge in [-0.1, -0.05) is 24.3 Å². The zero-order valence-corrected chi connectivity index (χ0v) is 12.1. The number of benzene rings is 2. The lowest BCUT2D eigenvalue weighted by molar-refractivity contribution is 0.171. The van der Waals surface area contributed by atoms with Crippen LogP contribution in [-0.2, 0) is 0 Å². The van der Waals surface area contributed by atoms with E-state index in [1.54, 1.807) is 11.3 Å². The number of nitrogens with zero attached hydrogens (tertiary/aromatic N) is 1. The van der Waals surface area contributed by atoms with Crippen molar-refractivity contribution < 1.29 is 9.47 Å². The quantitative estimate of drug-likeness (QED) is 0.708. The van der Waals surface area contributed by atoms with Crippen molar-refractivity contribution in [2.24, 2.45) is 0 Å². The highest BCUT2D eigenvalue weighted by atomic mass is 32.1. The molecule has 2 heterocycles. The molecule has 0 radical (unpaired) electrons. The smallest absolute Gasteiger partial charge is 0.168 e. The van der Waals surface area contributed by atoms with Gasteiger partial charge in [-0.15, -0.1) is 11.3 Å². The fourth-order valence-corrected chi connectivity index (χ4v) is 3.22. The van der Waals surface area contributed by atoms with Crippen molar-refractivity contribution in [3.8, 4) is 11.5 Å². The normalized spacial score (nSPS) is 13.9. The molecule has 21 heavy (non-hydrogen) atoms. The van der Waals surface area contributed by atoms with Gasteiger partial charge in [0.2, 0.25) is 0 Å². The molecule has 3 aromatic rings. The molecular weight excluding hydrogens is 282 g/mol. The van der Waals surface area contributed by atoms with Gasteiger partial charge in [-0.25, -0.2) is 4.98 Å². The number of ether oxygens (including phenoxy) is 2. The number of hydrogen-bond acceptors (Lipinski definition) is 4. The summed E-state index contributed by atoms with van der Waals surface area (Å²) in [4.78, 5) is 4.60. The molecule has 1 aliphatic rings. The van der Waals surface area contributed by atoms with E-state index in [2.05, 4.69) is 11.1 Å². The van der Waals surface area contributed by atoms with Crippen LogP contribution in [0.1, 0.15) is 10.6 Å². The van der Waals surface area contributed by atoms with Crippen LogP contribution in [0.5, 0.6) is 11.5 Å². The Bertz CT molecular complexity index is 790. The van der Waals surface area contributed by atoms with E-state index in [1.165, 1.54) is 4.70 Å². The third-order valence-electron chi connectivity index (χ3n) is 3.31. The molecular formula is C17H13NO2S. The first-order valence-electron chi connectivity index (χ1n) is 6.82. The van der Waals surface area contributed by atoms with Crippen molar-refractivity contribution in [1.82, 2.24) is 4.98 Å². The Hall–Kier alpha value is -2.33. The average Bonchev–Trinajstić information content (AvgIpc) is 2.96. The van der Waals surface area contributed by atoms with Gasteiger partial charge < -0.3 is 9.47 Å². The minimum atomic E-state index is 0.596. The molecule has 0 fully saturated rings. The van der Waals surface area contributed by atoms with Gasteiger partial charge in [-0.3, -0.25) is 0 Å². The Morgan fingerprint density at radius 3 is 2.81 bits per heavy atom. The van der Waals surface area contributed by atoms with E-state index < -0.39 is 0 Å². The van der Waals surface area contributed by atoms with Crippen LogP contribution in [0.25, 0.3) is 22.4 Å². The molecule has 0 amide bonds. The second-order valence-electron chi connectivity index (χ2n) is 4.72. The van der Waals surface area contributed by atoms with Crippen LogP contribution in [0.4, 0.5) is 0 Å². The molecule has 1 aromatic heterocycles. The molecule has 0 saturated heterocycles. The van der Waals surface area contributed by atoms with Crippen molar-refractivity contribution in [2.45, 2.75) is 0 Å². The molecule has 104 valence electrons. The summed E-state index contributed by atoms with van der Waals surface area (Å²) in [7, 11) is 0. The molecule has 0 spiro atoms.